The highest BCUT2D eigenvalue weighted by Crippen LogP contribution is 2.36. The first-order chi connectivity index (χ1) is 9.11. The van der Waals surface area contributed by atoms with Gasteiger partial charge in [0.1, 0.15) is 12.4 Å². The van der Waals surface area contributed by atoms with Crippen LogP contribution in [0.15, 0.2) is 12.1 Å². The highest BCUT2D eigenvalue weighted by molar-refractivity contribution is 5.99. The van der Waals surface area contributed by atoms with Gasteiger partial charge in [0.05, 0.1) is 18.7 Å². The van der Waals surface area contributed by atoms with Gasteiger partial charge in [-0.15, -0.1) is 0 Å². The van der Waals surface area contributed by atoms with E-state index >= 15 is 0 Å². The first-order valence-electron chi connectivity index (χ1n) is 6.34. The Bertz CT molecular complexity index is 590. The van der Waals surface area contributed by atoms with E-state index in [1.807, 2.05) is 24.5 Å². The Balaban J connectivity index is 2.70. The molecule has 0 radical (unpaired) electrons. The molecule has 5 nitrogen and oxygen atoms in total. The molecule has 4 N–H and O–H groups in total. The second kappa shape index (κ2) is 5.50. The number of benzene rings is 1. The third-order valence-corrected chi connectivity index (χ3v) is 3.44. The van der Waals surface area contributed by atoms with Crippen molar-refractivity contribution in [2.45, 2.75) is 20.4 Å². The highest BCUT2D eigenvalue weighted by Gasteiger charge is 2.17. The summed E-state index contributed by atoms with van der Waals surface area (Å²) < 4.78 is 7.58. The Hall–Kier alpha value is -1.72. The van der Waals surface area contributed by atoms with Crippen LogP contribution >= 0.6 is 0 Å². The van der Waals surface area contributed by atoms with E-state index in [2.05, 4.69) is 0 Å². The van der Waals surface area contributed by atoms with Crippen LogP contribution in [-0.2, 0) is 6.54 Å². The first-order valence-corrected chi connectivity index (χ1v) is 6.34. The maximum atomic E-state index is 9.22. The number of hydrogen-bond acceptors (Lipinski definition) is 4. The molecule has 0 saturated carbocycles. The number of ether oxygens (including phenoxy) is 1. The second-order valence-electron chi connectivity index (χ2n) is 4.53. The Kier molecular flexibility index (Phi) is 3.97. The fourth-order valence-electron chi connectivity index (χ4n) is 2.45. The normalized spacial score (nSPS) is 11.2. The van der Waals surface area contributed by atoms with Crippen molar-refractivity contribution in [1.82, 2.24) is 4.57 Å². The van der Waals surface area contributed by atoms with Gasteiger partial charge in [-0.3, -0.25) is 0 Å². The lowest BCUT2D eigenvalue weighted by Gasteiger charge is -2.12. The third kappa shape index (κ3) is 2.27. The van der Waals surface area contributed by atoms with E-state index in [1.54, 1.807) is 6.07 Å². The lowest BCUT2D eigenvalue weighted by Crippen LogP contribution is -2.07. The van der Waals surface area contributed by atoms with Crippen molar-refractivity contribution in [2.75, 3.05) is 25.6 Å². The summed E-state index contributed by atoms with van der Waals surface area (Å²) in [6.45, 7) is 4.76. The van der Waals surface area contributed by atoms with Crippen molar-refractivity contribution >= 4 is 16.6 Å². The average Bonchev–Trinajstić information content (AvgIpc) is 2.65. The minimum atomic E-state index is -0.0372. The van der Waals surface area contributed by atoms with Gasteiger partial charge in [-0.05, 0) is 31.5 Å². The molecule has 2 rings (SSSR count). The number of nitrogens with two attached hydrogens (primary N) is 1. The van der Waals surface area contributed by atoms with Crippen molar-refractivity contribution in [2.24, 2.45) is 0 Å². The molecule has 0 aliphatic carbocycles. The number of aliphatic hydroxyl groups excluding tert-OH is 2. The summed E-state index contributed by atoms with van der Waals surface area (Å²) in [6.07, 6.45) is 0. The molecule has 0 atom stereocenters. The smallest absolute Gasteiger partial charge is 0.143 e. The van der Waals surface area contributed by atoms with Crippen molar-refractivity contribution in [3.8, 4) is 5.75 Å². The Morgan fingerprint density at radius 3 is 2.58 bits per heavy atom. The number of nitrogens with zero attached hydrogens (tertiary/aromatic N) is 1. The number of rotatable bonds is 5. The minimum Gasteiger partial charge on any atom is -0.489 e. The van der Waals surface area contributed by atoms with Crippen LogP contribution in [0, 0.1) is 13.8 Å². The van der Waals surface area contributed by atoms with Gasteiger partial charge >= 0.3 is 0 Å². The molecular formula is C14H20N2O3. The predicted molar refractivity (Wildman–Crippen MR) is 75.5 cm³/mol. The number of aromatic nitrogens is 1. The molecule has 0 fully saturated rings. The fraction of sp³-hybridized carbons (Fsp3) is 0.429. The number of aryl methyl sites for hydroxylation is 1. The van der Waals surface area contributed by atoms with Crippen LogP contribution in [0.2, 0.25) is 0 Å². The monoisotopic (exact) mass is 264 g/mol. The predicted octanol–water partition coefficient (Wildman–Crippen LogP) is 1.20. The van der Waals surface area contributed by atoms with Gasteiger partial charge in [0, 0.05) is 23.3 Å². The largest absolute Gasteiger partial charge is 0.489 e. The summed E-state index contributed by atoms with van der Waals surface area (Å²) in [5.41, 5.74) is 9.80. The van der Waals surface area contributed by atoms with Gasteiger partial charge in [-0.2, -0.15) is 0 Å². The first kappa shape index (κ1) is 13.7. The second-order valence-corrected chi connectivity index (χ2v) is 4.53. The molecule has 5 heteroatoms. The SMILES string of the molecule is Cc1c(C)n(CCO)c2c(OCCO)ccc(N)c12. The highest BCUT2D eigenvalue weighted by atomic mass is 16.5. The van der Waals surface area contributed by atoms with Crippen molar-refractivity contribution in [3.05, 3.63) is 23.4 Å². The fourth-order valence-corrected chi connectivity index (χ4v) is 2.45. The van der Waals surface area contributed by atoms with Gasteiger partial charge in [-0.1, -0.05) is 0 Å². The van der Waals surface area contributed by atoms with Crippen LogP contribution in [0.4, 0.5) is 5.69 Å². The summed E-state index contributed by atoms with van der Waals surface area (Å²) >= 11 is 0. The summed E-state index contributed by atoms with van der Waals surface area (Å²) in [5.74, 6) is 0.683. The molecule has 19 heavy (non-hydrogen) atoms. The zero-order valence-corrected chi connectivity index (χ0v) is 11.3. The number of anilines is 1. The van der Waals surface area contributed by atoms with Gasteiger partial charge in [0.15, 0.2) is 0 Å². The zero-order chi connectivity index (χ0) is 14.0. The molecule has 0 aliphatic rings. The van der Waals surface area contributed by atoms with E-state index in [1.165, 1.54) is 0 Å². The van der Waals surface area contributed by atoms with E-state index in [9.17, 15) is 5.11 Å². The molecule has 0 bridgehead atoms. The van der Waals surface area contributed by atoms with Gasteiger partial charge in [0.25, 0.3) is 0 Å². The van der Waals surface area contributed by atoms with Gasteiger partial charge in [0.2, 0.25) is 0 Å². The van der Waals surface area contributed by atoms with E-state index in [-0.39, 0.29) is 19.8 Å². The van der Waals surface area contributed by atoms with Crippen molar-refractivity contribution in [1.29, 1.82) is 0 Å². The maximum Gasteiger partial charge on any atom is 0.143 e. The van der Waals surface area contributed by atoms with E-state index in [0.717, 1.165) is 22.2 Å². The maximum absolute atomic E-state index is 9.22. The van der Waals surface area contributed by atoms with E-state index < -0.39 is 0 Å². The van der Waals surface area contributed by atoms with E-state index in [4.69, 9.17) is 15.6 Å². The van der Waals surface area contributed by atoms with Crippen molar-refractivity contribution < 1.29 is 14.9 Å². The molecule has 0 saturated heterocycles. The standard InChI is InChI=1S/C14H20N2O3/c1-9-10(2)16(5-6-17)14-12(19-8-7-18)4-3-11(15)13(9)14/h3-4,17-18H,5-8,15H2,1-2H3. The average molecular weight is 264 g/mol. The van der Waals surface area contributed by atoms with Crippen LogP contribution in [0.25, 0.3) is 10.9 Å². The molecule has 2 aromatic rings. The minimum absolute atomic E-state index is 0.0372. The summed E-state index contributed by atoms with van der Waals surface area (Å²) in [7, 11) is 0. The molecule has 1 heterocycles. The summed E-state index contributed by atoms with van der Waals surface area (Å²) in [5, 5.41) is 19.1. The Labute approximate surface area is 112 Å². The Morgan fingerprint density at radius 1 is 1.21 bits per heavy atom. The molecule has 104 valence electrons. The van der Waals surface area contributed by atoms with Crippen LogP contribution in [0.1, 0.15) is 11.3 Å². The van der Waals surface area contributed by atoms with Crippen LogP contribution in [0.3, 0.4) is 0 Å². The van der Waals surface area contributed by atoms with E-state index in [0.29, 0.717) is 18.0 Å². The van der Waals surface area contributed by atoms with Crippen LogP contribution < -0.4 is 10.5 Å². The lowest BCUT2D eigenvalue weighted by atomic mass is 10.1. The van der Waals surface area contributed by atoms with Gasteiger partial charge in [-0.25, -0.2) is 0 Å². The molecule has 0 unspecified atom stereocenters. The molecular weight excluding hydrogens is 244 g/mol. The topological polar surface area (TPSA) is 80.6 Å². The number of aliphatic hydroxyl groups is 2. The number of fused-ring (bicyclic) bond motifs is 1. The third-order valence-electron chi connectivity index (χ3n) is 3.44. The summed E-state index contributed by atoms with van der Waals surface area (Å²) in [4.78, 5) is 0. The quantitative estimate of drug-likeness (QED) is 0.709. The molecule has 1 aromatic carbocycles. The molecule has 1 aromatic heterocycles. The molecule has 0 amide bonds. The number of hydrogen-bond donors (Lipinski definition) is 3. The molecule has 0 spiro atoms. The zero-order valence-electron chi connectivity index (χ0n) is 11.3. The molecule has 0 aliphatic heterocycles. The lowest BCUT2D eigenvalue weighted by molar-refractivity contribution is 0.202. The number of nitrogen functional groups attached to an aromatic ring is 1. The Morgan fingerprint density at radius 2 is 1.95 bits per heavy atom. The summed E-state index contributed by atoms with van der Waals surface area (Å²) in [6, 6.07) is 3.62. The van der Waals surface area contributed by atoms with Crippen LogP contribution in [-0.4, -0.2) is 34.6 Å². The van der Waals surface area contributed by atoms with Gasteiger partial charge < -0.3 is 25.3 Å². The van der Waals surface area contributed by atoms with Crippen molar-refractivity contribution in [3.63, 3.8) is 0 Å². The van der Waals surface area contributed by atoms with Crippen LogP contribution in [0.5, 0.6) is 5.75 Å².